The maximum absolute atomic E-state index is 11.4. The Morgan fingerprint density at radius 2 is 2.06 bits per heavy atom. The van der Waals surface area contributed by atoms with E-state index < -0.39 is 0 Å². The maximum Gasteiger partial charge on any atom is 0.312 e. The van der Waals surface area contributed by atoms with Crippen LogP contribution in [0.5, 0.6) is 0 Å². The van der Waals surface area contributed by atoms with Crippen molar-refractivity contribution in [1.29, 1.82) is 0 Å². The summed E-state index contributed by atoms with van der Waals surface area (Å²) in [5.41, 5.74) is 1.66. The summed E-state index contributed by atoms with van der Waals surface area (Å²) in [6.45, 7) is 6.01. The van der Waals surface area contributed by atoms with Crippen LogP contribution in [0.25, 0.3) is 0 Å². The summed E-state index contributed by atoms with van der Waals surface area (Å²) < 4.78 is 4.69. The van der Waals surface area contributed by atoms with E-state index in [9.17, 15) is 4.79 Å². The topological polar surface area (TPSA) is 39.2 Å². The van der Waals surface area contributed by atoms with E-state index in [1.54, 1.807) is 6.92 Å². The molecule has 3 nitrogen and oxygen atoms in total. The first-order valence-corrected chi connectivity index (χ1v) is 6.06. The fraction of sp³-hybridized carbons (Fsp3) is 0.538. The molecule has 0 spiro atoms. The molecule has 0 fully saturated rings. The van der Waals surface area contributed by atoms with Crippen molar-refractivity contribution >= 4 is 17.6 Å². The van der Waals surface area contributed by atoms with Crippen molar-refractivity contribution in [3.63, 3.8) is 0 Å². The van der Waals surface area contributed by atoms with Crippen LogP contribution in [0, 0.1) is 5.92 Å². The van der Waals surface area contributed by atoms with Crippen LogP contribution in [0.1, 0.15) is 37.9 Å². The van der Waals surface area contributed by atoms with E-state index >= 15 is 0 Å². The number of pyridine rings is 1. The number of methoxy groups -OCH3 is 1. The fourth-order valence-corrected chi connectivity index (χ4v) is 1.98. The molecule has 94 valence electrons. The Balaban J connectivity index is 2.93. The Bertz CT molecular complexity index is 404. The lowest BCUT2D eigenvalue weighted by Crippen LogP contribution is -2.12. The first-order chi connectivity index (χ1) is 7.95. The molecule has 0 N–H and O–H groups in total. The zero-order valence-corrected chi connectivity index (χ0v) is 11.4. The molecule has 0 amide bonds. The van der Waals surface area contributed by atoms with E-state index in [-0.39, 0.29) is 11.9 Å². The average Bonchev–Trinajstić information content (AvgIpc) is 2.26. The minimum atomic E-state index is -0.381. The number of nitrogens with zero attached hydrogens (tertiary/aromatic N) is 1. The van der Waals surface area contributed by atoms with Crippen LogP contribution in [0.15, 0.2) is 12.1 Å². The van der Waals surface area contributed by atoms with E-state index in [2.05, 4.69) is 18.8 Å². The van der Waals surface area contributed by atoms with Crippen molar-refractivity contribution in [3.8, 4) is 0 Å². The van der Waals surface area contributed by atoms with Crippen molar-refractivity contribution in [2.75, 3.05) is 7.11 Å². The Morgan fingerprint density at radius 1 is 1.41 bits per heavy atom. The standard InChI is InChI=1S/C13H18ClNO2/c1-8(2)7-10-5-6-11(12(14)15-10)9(3)13(16)17-4/h5-6,8-9H,7H2,1-4H3/t9-/m0/s1. The van der Waals surface area contributed by atoms with Crippen molar-refractivity contribution in [2.45, 2.75) is 33.1 Å². The zero-order chi connectivity index (χ0) is 13.0. The molecule has 0 aliphatic carbocycles. The Labute approximate surface area is 107 Å². The van der Waals surface area contributed by atoms with Gasteiger partial charge in [0, 0.05) is 11.3 Å². The molecule has 0 aromatic carbocycles. The highest BCUT2D eigenvalue weighted by atomic mass is 35.5. The normalized spacial score (nSPS) is 12.6. The maximum atomic E-state index is 11.4. The number of carbonyl (C=O) groups excluding carboxylic acids is 1. The summed E-state index contributed by atoms with van der Waals surface area (Å²) in [4.78, 5) is 15.7. The van der Waals surface area contributed by atoms with Crippen molar-refractivity contribution in [3.05, 3.63) is 28.5 Å². The summed E-state index contributed by atoms with van der Waals surface area (Å²) in [6.07, 6.45) is 0.882. The predicted molar refractivity (Wildman–Crippen MR) is 68.2 cm³/mol. The minimum Gasteiger partial charge on any atom is -0.469 e. The summed E-state index contributed by atoms with van der Waals surface area (Å²) in [5.74, 6) is -0.152. The highest BCUT2D eigenvalue weighted by Crippen LogP contribution is 2.24. The van der Waals surface area contributed by atoms with Crippen molar-refractivity contribution < 1.29 is 9.53 Å². The lowest BCUT2D eigenvalue weighted by Gasteiger charge is -2.12. The molecule has 0 unspecified atom stereocenters. The average molecular weight is 256 g/mol. The van der Waals surface area contributed by atoms with Crippen LogP contribution >= 0.6 is 11.6 Å². The van der Waals surface area contributed by atoms with Crippen LogP contribution in [0.2, 0.25) is 5.15 Å². The largest absolute Gasteiger partial charge is 0.469 e. The molecule has 1 heterocycles. The SMILES string of the molecule is COC(=O)[C@@H](C)c1ccc(CC(C)C)nc1Cl. The van der Waals surface area contributed by atoms with Gasteiger partial charge < -0.3 is 4.74 Å². The molecule has 1 aromatic rings. The third-order valence-electron chi connectivity index (χ3n) is 2.57. The molecule has 0 radical (unpaired) electrons. The van der Waals surface area contributed by atoms with Gasteiger partial charge in [-0.25, -0.2) is 4.98 Å². The Kier molecular flexibility index (Phi) is 4.94. The second kappa shape index (κ2) is 6.01. The molecule has 1 aromatic heterocycles. The second-order valence-electron chi connectivity index (χ2n) is 4.53. The summed E-state index contributed by atoms with van der Waals surface area (Å²) in [5, 5.41) is 0.390. The molecule has 17 heavy (non-hydrogen) atoms. The lowest BCUT2D eigenvalue weighted by atomic mass is 10.0. The van der Waals surface area contributed by atoms with Gasteiger partial charge in [-0.3, -0.25) is 4.79 Å². The quantitative estimate of drug-likeness (QED) is 0.613. The summed E-state index contributed by atoms with van der Waals surface area (Å²) in [6, 6.07) is 3.77. The Hall–Kier alpha value is -1.09. The van der Waals surface area contributed by atoms with Gasteiger partial charge in [0.15, 0.2) is 0 Å². The van der Waals surface area contributed by atoms with Gasteiger partial charge >= 0.3 is 5.97 Å². The van der Waals surface area contributed by atoms with E-state index in [0.717, 1.165) is 12.1 Å². The summed E-state index contributed by atoms with van der Waals surface area (Å²) >= 11 is 6.09. The molecule has 0 bridgehead atoms. The first-order valence-electron chi connectivity index (χ1n) is 5.68. The number of hydrogen-bond acceptors (Lipinski definition) is 3. The third kappa shape index (κ3) is 3.70. The molecular weight excluding hydrogens is 238 g/mol. The first kappa shape index (κ1) is 14.0. The van der Waals surface area contributed by atoms with Crippen LogP contribution in [-0.4, -0.2) is 18.1 Å². The molecule has 0 saturated carbocycles. The number of aromatic nitrogens is 1. The molecule has 0 aliphatic rings. The van der Waals surface area contributed by atoms with Crippen LogP contribution < -0.4 is 0 Å². The van der Waals surface area contributed by atoms with E-state index in [0.29, 0.717) is 16.6 Å². The number of ether oxygens (including phenoxy) is 1. The molecule has 1 rings (SSSR count). The fourth-order valence-electron chi connectivity index (χ4n) is 1.64. The smallest absolute Gasteiger partial charge is 0.312 e. The van der Waals surface area contributed by atoms with Gasteiger partial charge in [-0.2, -0.15) is 0 Å². The van der Waals surface area contributed by atoms with E-state index in [4.69, 9.17) is 16.3 Å². The second-order valence-corrected chi connectivity index (χ2v) is 4.88. The van der Waals surface area contributed by atoms with Crippen LogP contribution in [0.4, 0.5) is 0 Å². The van der Waals surface area contributed by atoms with Gasteiger partial charge in [0.2, 0.25) is 0 Å². The summed E-state index contributed by atoms with van der Waals surface area (Å²) in [7, 11) is 1.37. The van der Waals surface area contributed by atoms with Gasteiger partial charge in [-0.1, -0.05) is 31.5 Å². The molecular formula is C13H18ClNO2. The van der Waals surface area contributed by atoms with Crippen LogP contribution in [-0.2, 0) is 16.0 Å². The van der Waals surface area contributed by atoms with Gasteiger partial charge in [-0.05, 0) is 25.3 Å². The monoisotopic (exact) mass is 255 g/mol. The number of halogens is 1. The number of hydrogen-bond donors (Lipinski definition) is 0. The van der Waals surface area contributed by atoms with Gasteiger partial charge in [0.05, 0.1) is 13.0 Å². The van der Waals surface area contributed by atoms with Crippen LogP contribution in [0.3, 0.4) is 0 Å². The van der Waals surface area contributed by atoms with Crippen molar-refractivity contribution in [2.24, 2.45) is 5.92 Å². The molecule has 0 saturated heterocycles. The Morgan fingerprint density at radius 3 is 2.53 bits per heavy atom. The van der Waals surface area contributed by atoms with E-state index in [1.165, 1.54) is 7.11 Å². The molecule has 1 atom stereocenters. The molecule has 0 aliphatic heterocycles. The highest BCUT2D eigenvalue weighted by Gasteiger charge is 2.19. The highest BCUT2D eigenvalue weighted by molar-refractivity contribution is 6.30. The zero-order valence-electron chi connectivity index (χ0n) is 10.7. The number of rotatable bonds is 4. The van der Waals surface area contributed by atoms with Gasteiger partial charge in [0.1, 0.15) is 5.15 Å². The van der Waals surface area contributed by atoms with Gasteiger partial charge in [0.25, 0.3) is 0 Å². The van der Waals surface area contributed by atoms with Crippen molar-refractivity contribution in [1.82, 2.24) is 4.98 Å². The molecule has 4 heteroatoms. The third-order valence-corrected chi connectivity index (χ3v) is 2.88. The number of esters is 1. The lowest BCUT2D eigenvalue weighted by molar-refractivity contribution is -0.142. The minimum absolute atomic E-state index is 0.301. The van der Waals surface area contributed by atoms with Gasteiger partial charge in [-0.15, -0.1) is 0 Å². The van der Waals surface area contributed by atoms with E-state index in [1.807, 2.05) is 12.1 Å². The number of carbonyl (C=O) groups is 1. The predicted octanol–water partition coefficient (Wildman–Crippen LogP) is 3.21.